The molecule has 2 heteroatoms. The lowest BCUT2D eigenvalue weighted by atomic mass is 9.89. The molecular formula is C13H19FO. The molecule has 0 saturated carbocycles. The summed E-state index contributed by atoms with van der Waals surface area (Å²) in [4.78, 5) is 0. The molecule has 0 aromatic heterocycles. The highest BCUT2D eigenvalue weighted by Crippen LogP contribution is 2.17. The summed E-state index contributed by atoms with van der Waals surface area (Å²) < 4.78 is 12.7. The highest BCUT2D eigenvalue weighted by atomic mass is 19.1. The van der Waals surface area contributed by atoms with Gasteiger partial charge >= 0.3 is 0 Å². The van der Waals surface area contributed by atoms with Gasteiger partial charge in [-0.25, -0.2) is 4.39 Å². The second kappa shape index (κ2) is 5.26. The van der Waals surface area contributed by atoms with Crippen molar-refractivity contribution in [1.82, 2.24) is 0 Å². The summed E-state index contributed by atoms with van der Waals surface area (Å²) in [5.41, 5.74) is 1.07. The van der Waals surface area contributed by atoms with E-state index in [0.29, 0.717) is 0 Å². The molecule has 2 atom stereocenters. The van der Waals surface area contributed by atoms with Crippen molar-refractivity contribution in [2.45, 2.75) is 33.3 Å². The van der Waals surface area contributed by atoms with Crippen LogP contribution in [0.3, 0.4) is 0 Å². The lowest BCUT2D eigenvalue weighted by Gasteiger charge is -2.22. The maximum absolute atomic E-state index is 12.7. The molecule has 1 aromatic rings. The van der Waals surface area contributed by atoms with Crippen LogP contribution in [-0.4, -0.2) is 11.2 Å². The lowest BCUT2D eigenvalue weighted by molar-refractivity contribution is 0.0724. The van der Waals surface area contributed by atoms with Gasteiger partial charge in [0.25, 0.3) is 0 Å². The van der Waals surface area contributed by atoms with Gasteiger partial charge in [-0.1, -0.05) is 32.9 Å². The molecule has 1 nitrogen and oxygen atoms in total. The molecule has 0 spiro atoms. The Morgan fingerprint density at radius 2 is 1.67 bits per heavy atom. The van der Waals surface area contributed by atoms with Crippen LogP contribution in [0.15, 0.2) is 24.3 Å². The van der Waals surface area contributed by atoms with Crippen LogP contribution in [0.1, 0.15) is 26.3 Å². The van der Waals surface area contributed by atoms with Crippen LogP contribution in [0.5, 0.6) is 0 Å². The number of benzene rings is 1. The number of halogens is 1. The van der Waals surface area contributed by atoms with E-state index in [0.717, 1.165) is 12.0 Å². The Morgan fingerprint density at radius 3 is 2.13 bits per heavy atom. The summed E-state index contributed by atoms with van der Waals surface area (Å²) in [5, 5.41) is 9.84. The first-order valence-corrected chi connectivity index (χ1v) is 5.43. The average Bonchev–Trinajstić information content (AvgIpc) is 2.20. The molecule has 0 amide bonds. The van der Waals surface area contributed by atoms with Gasteiger partial charge in [-0.05, 0) is 36.0 Å². The van der Waals surface area contributed by atoms with Crippen LogP contribution < -0.4 is 0 Å². The number of hydrogen-bond acceptors (Lipinski definition) is 1. The van der Waals surface area contributed by atoms with Crippen molar-refractivity contribution in [3.63, 3.8) is 0 Å². The Hall–Kier alpha value is -0.890. The predicted octanol–water partition coefficient (Wildman–Crippen LogP) is 3.02. The van der Waals surface area contributed by atoms with Crippen molar-refractivity contribution >= 4 is 0 Å². The zero-order chi connectivity index (χ0) is 11.4. The minimum Gasteiger partial charge on any atom is -0.393 e. The fourth-order valence-corrected chi connectivity index (χ4v) is 1.77. The summed E-state index contributed by atoms with van der Waals surface area (Å²) in [7, 11) is 0. The Balaban J connectivity index is 2.58. The van der Waals surface area contributed by atoms with Crippen molar-refractivity contribution < 1.29 is 9.50 Å². The molecule has 0 aliphatic rings. The molecule has 1 N–H and O–H groups in total. The second-order valence-corrected chi connectivity index (χ2v) is 4.54. The fourth-order valence-electron chi connectivity index (χ4n) is 1.77. The van der Waals surface area contributed by atoms with Crippen LogP contribution in [-0.2, 0) is 6.42 Å². The molecule has 15 heavy (non-hydrogen) atoms. The van der Waals surface area contributed by atoms with Crippen LogP contribution in [0.2, 0.25) is 0 Å². The third-order valence-electron chi connectivity index (χ3n) is 2.74. The van der Waals surface area contributed by atoms with Gasteiger partial charge in [0, 0.05) is 0 Å². The van der Waals surface area contributed by atoms with E-state index < -0.39 is 0 Å². The SMILES string of the molecule is CC(C)C(O)C(C)Cc1ccc(F)cc1. The van der Waals surface area contributed by atoms with E-state index in [1.807, 2.05) is 20.8 Å². The largest absolute Gasteiger partial charge is 0.393 e. The van der Waals surface area contributed by atoms with Crippen molar-refractivity contribution in [3.05, 3.63) is 35.6 Å². The first-order valence-electron chi connectivity index (χ1n) is 5.43. The van der Waals surface area contributed by atoms with Crippen molar-refractivity contribution in [2.75, 3.05) is 0 Å². The normalized spacial score (nSPS) is 15.3. The summed E-state index contributed by atoms with van der Waals surface area (Å²) in [5.74, 6) is 0.256. The second-order valence-electron chi connectivity index (χ2n) is 4.54. The standard InChI is InChI=1S/C13H19FO/c1-9(2)13(15)10(3)8-11-4-6-12(14)7-5-11/h4-7,9-10,13,15H,8H2,1-3H3. The summed E-state index contributed by atoms with van der Waals surface area (Å²) in [6.07, 6.45) is 0.495. The van der Waals surface area contributed by atoms with Gasteiger partial charge in [0.05, 0.1) is 6.10 Å². The summed E-state index contributed by atoms with van der Waals surface area (Å²) >= 11 is 0. The first kappa shape index (κ1) is 12.2. The van der Waals surface area contributed by atoms with Crippen LogP contribution >= 0.6 is 0 Å². The lowest BCUT2D eigenvalue weighted by Crippen LogP contribution is -2.25. The van der Waals surface area contributed by atoms with E-state index in [-0.39, 0.29) is 23.8 Å². The third-order valence-corrected chi connectivity index (χ3v) is 2.74. The summed E-state index contributed by atoms with van der Waals surface area (Å²) in [6.45, 7) is 6.03. The van der Waals surface area contributed by atoms with E-state index in [9.17, 15) is 9.50 Å². The maximum Gasteiger partial charge on any atom is 0.123 e. The Morgan fingerprint density at radius 1 is 1.13 bits per heavy atom. The first-order chi connectivity index (χ1) is 7.00. The van der Waals surface area contributed by atoms with E-state index >= 15 is 0 Å². The van der Waals surface area contributed by atoms with Gasteiger partial charge in [-0.3, -0.25) is 0 Å². The molecular weight excluding hydrogens is 191 g/mol. The zero-order valence-corrected chi connectivity index (χ0v) is 9.57. The number of aliphatic hydroxyl groups is 1. The topological polar surface area (TPSA) is 20.2 Å². The number of rotatable bonds is 4. The van der Waals surface area contributed by atoms with Gasteiger partial charge in [0.15, 0.2) is 0 Å². The molecule has 84 valence electrons. The molecule has 0 saturated heterocycles. The quantitative estimate of drug-likeness (QED) is 0.810. The highest BCUT2D eigenvalue weighted by Gasteiger charge is 2.17. The third kappa shape index (κ3) is 3.63. The van der Waals surface area contributed by atoms with E-state index in [4.69, 9.17) is 0 Å². The van der Waals surface area contributed by atoms with Crippen molar-refractivity contribution in [1.29, 1.82) is 0 Å². The average molecular weight is 210 g/mol. The van der Waals surface area contributed by atoms with Gasteiger partial charge in [-0.2, -0.15) is 0 Å². The van der Waals surface area contributed by atoms with Gasteiger partial charge < -0.3 is 5.11 Å². The molecule has 1 rings (SSSR count). The number of aliphatic hydroxyl groups excluding tert-OH is 1. The Bertz CT molecular complexity index is 292. The molecule has 0 bridgehead atoms. The molecule has 0 radical (unpaired) electrons. The maximum atomic E-state index is 12.7. The predicted molar refractivity (Wildman–Crippen MR) is 60.1 cm³/mol. The van der Waals surface area contributed by atoms with Crippen LogP contribution in [0, 0.1) is 17.7 Å². The molecule has 1 aromatic carbocycles. The molecule has 0 aliphatic heterocycles. The van der Waals surface area contributed by atoms with Gasteiger partial charge in [0.1, 0.15) is 5.82 Å². The molecule has 0 aliphatic carbocycles. The van der Waals surface area contributed by atoms with Gasteiger partial charge in [0.2, 0.25) is 0 Å². The molecule has 2 unspecified atom stereocenters. The van der Waals surface area contributed by atoms with E-state index in [1.165, 1.54) is 12.1 Å². The zero-order valence-electron chi connectivity index (χ0n) is 9.57. The highest BCUT2D eigenvalue weighted by molar-refractivity contribution is 5.16. The Kier molecular flexibility index (Phi) is 4.28. The van der Waals surface area contributed by atoms with Crippen LogP contribution in [0.4, 0.5) is 4.39 Å². The van der Waals surface area contributed by atoms with E-state index in [2.05, 4.69) is 0 Å². The van der Waals surface area contributed by atoms with E-state index in [1.54, 1.807) is 12.1 Å². The Labute approximate surface area is 90.9 Å². The fraction of sp³-hybridized carbons (Fsp3) is 0.538. The molecule has 0 fully saturated rings. The number of hydrogen-bond donors (Lipinski definition) is 1. The minimum absolute atomic E-state index is 0.204. The van der Waals surface area contributed by atoms with Gasteiger partial charge in [-0.15, -0.1) is 0 Å². The monoisotopic (exact) mass is 210 g/mol. The molecule has 0 heterocycles. The summed E-state index contributed by atoms with van der Waals surface area (Å²) in [6, 6.07) is 6.48. The van der Waals surface area contributed by atoms with Crippen LogP contribution in [0.25, 0.3) is 0 Å². The van der Waals surface area contributed by atoms with Crippen molar-refractivity contribution in [2.24, 2.45) is 11.8 Å². The van der Waals surface area contributed by atoms with Crippen molar-refractivity contribution in [3.8, 4) is 0 Å². The smallest absolute Gasteiger partial charge is 0.123 e. The minimum atomic E-state index is -0.296.